The third-order valence-electron chi connectivity index (χ3n) is 2.97. The molecule has 0 aliphatic heterocycles. The minimum Gasteiger partial charge on any atom is -0.465 e. The second-order valence-electron chi connectivity index (χ2n) is 4.57. The monoisotopic (exact) mass is 336 g/mol. The lowest BCUT2D eigenvalue weighted by Gasteiger charge is -2.10. The van der Waals surface area contributed by atoms with Gasteiger partial charge in [0.1, 0.15) is 5.82 Å². The fourth-order valence-electron chi connectivity index (χ4n) is 1.84. The molecule has 0 unspecified atom stereocenters. The Kier molecular flexibility index (Phi) is 5.54. The van der Waals surface area contributed by atoms with Crippen LogP contribution < -0.4 is 10.6 Å². The predicted octanol–water partition coefficient (Wildman–Crippen LogP) is 3.32. The highest BCUT2D eigenvalue weighted by molar-refractivity contribution is 6.33. The van der Waals surface area contributed by atoms with Crippen LogP contribution in [0.4, 0.5) is 15.8 Å². The van der Waals surface area contributed by atoms with Crippen LogP contribution >= 0.6 is 11.6 Å². The van der Waals surface area contributed by atoms with Crippen LogP contribution in [0.2, 0.25) is 5.02 Å². The first-order valence-corrected chi connectivity index (χ1v) is 7.05. The Labute approximate surface area is 137 Å². The van der Waals surface area contributed by atoms with E-state index in [1.54, 1.807) is 6.07 Å². The number of esters is 1. The number of hydrogen-bond acceptors (Lipinski definition) is 4. The number of benzene rings is 2. The van der Waals surface area contributed by atoms with E-state index in [0.717, 1.165) is 0 Å². The Morgan fingerprint density at radius 2 is 1.91 bits per heavy atom. The number of rotatable bonds is 5. The molecule has 2 aromatic carbocycles. The zero-order valence-corrected chi connectivity index (χ0v) is 13.0. The Balaban J connectivity index is 2.01. The molecular weight excluding hydrogens is 323 g/mol. The second-order valence-corrected chi connectivity index (χ2v) is 4.97. The minimum atomic E-state index is -0.522. The molecule has 0 saturated heterocycles. The van der Waals surface area contributed by atoms with Crippen LogP contribution in [0.3, 0.4) is 0 Å². The maximum atomic E-state index is 13.5. The molecule has 0 aliphatic carbocycles. The topological polar surface area (TPSA) is 67.4 Å². The Morgan fingerprint density at radius 1 is 1.17 bits per heavy atom. The predicted molar refractivity (Wildman–Crippen MR) is 86.3 cm³/mol. The molecule has 5 nitrogen and oxygen atoms in total. The number of hydrogen-bond donors (Lipinski definition) is 2. The van der Waals surface area contributed by atoms with E-state index in [9.17, 15) is 14.0 Å². The number of carbonyl (C=O) groups is 2. The number of carbonyl (C=O) groups excluding carboxylic acids is 2. The summed E-state index contributed by atoms with van der Waals surface area (Å²) in [5.74, 6) is -1.48. The first-order valence-electron chi connectivity index (χ1n) is 6.67. The van der Waals surface area contributed by atoms with Crippen molar-refractivity contribution in [1.82, 2.24) is 0 Å². The lowest BCUT2D eigenvalue weighted by Crippen LogP contribution is -2.22. The standard InChI is InChI=1S/C16H14ClFN2O3/c1-23-16(22)10-6-7-11(17)14(8-10)19-9-15(21)20-13-5-3-2-4-12(13)18/h2-8,19H,9H2,1H3,(H,20,21). The molecule has 0 aliphatic rings. The van der Waals surface area contributed by atoms with E-state index in [1.807, 2.05) is 0 Å². The number of anilines is 2. The maximum absolute atomic E-state index is 13.5. The molecule has 0 heterocycles. The summed E-state index contributed by atoms with van der Waals surface area (Å²) in [6.45, 7) is -0.140. The largest absolute Gasteiger partial charge is 0.465 e. The van der Waals surface area contributed by atoms with E-state index in [4.69, 9.17) is 11.6 Å². The van der Waals surface area contributed by atoms with E-state index < -0.39 is 17.7 Å². The fraction of sp³-hybridized carbons (Fsp3) is 0.125. The van der Waals surface area contributed by atoms with Crippen molar-refractivity contribution in [1.29, 1.82) is 0 Å². The molecule has 120 valence electrons. The lowest BCUT2D eigenvalue weighted by molar-refractivity contribution is -0.114. The third kappa shape index (κ3) is 4.43. The van der Waals surface area contributed by atoms with Gasteiger partial charge < -0.3 is 15.4 Å². The van der Waals surface area contributed by atoms with Crippen molar-refractivity contribution in [3.05, 3.63) is 58.9 Å². The molecule has 0 bridgehead atoms. The van der Waals surface area contributed by atoms with Crippen molar-refractivity contribution in [2.24, 2.45) is 0 Å². The van der Waals surface area contributed by atoms with Gasteiger partial charge in [-0.2, -0.15) is 0 Å². The van der Waals surface area contributed by atoms with Gasteiger partial charge in [-0.3, -0.25) is 4.79 Å². The summed E-state index contributed by atoms with van der Waals surface area (Å²) in [5.41, 5.74) is 0.792. The van der Waals surface area contributed by atoms with E-state index in [1.165, 1.54) is 43.5 Å². The van der Waals surface area contributed by atoms with Gasteiger partial charge in [-0.25, -0.2) is 9.18 Å². The fourth-order valence-corrected chi connectivity index (χ4v) is 2.02. The van der Waals surface area contributed by atoms with Gasteiger partial charge in [0.2, 0.25) is 5.91 Å². The highest BCUT2D eigenvalue weighted by atomic mass is 35.5. The van der Waals surface area contributed by atoms with Gasteiger partial charge in [-0.1, -0.05) is 23.7 Å². The normalized spacial score (nSPS) is 10.0. The third-order valence-corrected chi connectivity index (χ3v) is 3.30. The molecule has 0 atom stereocenters. The Morgan fingerprint density at radius 3 is 2.61 bits per heavy atom. The smallest absolute Gasteiger partial charge is 0.337 e. The molecule has 0 saturated carbocycles. The van der Waals surface area contributed by atoms with Crippen LogP contribution in [0, 0.1) is 5.82 Å². The summed E-state index contributed by atoms with van der Waals surface area (Å²) >= 11 is 6.01. The average molecular weight is 337 g/mol. The summed E-state index contributed by atoms with van der Waals surface area (Å²) in [7, 11) is 1.27. The molecule has 2 aromatic rings. The van der Waals surface area contributed by atoms with Gasteiger partial charge in [-0.05, 0) is 30.3 Å². The number of methoxy groups -OCH3 is 1. The van der Waals surface area contributed by atoms with E-state index >= 15 is 0 Å². The number of amides is 1. The number of nitrogens with one attached hydrogen (secondary N) is 2. The molecule has 7 heteroatoms. The van der Waals surface area contributed by atoms with Crippen LogP contribution in [0.15, 0.2) is 42.5 Å². The van der Waals surface area contributed by atoms with Crippen LogP contribution in [0.1, 0.15) is 10.4 Å². The molecule has 0 fully saturated rings. The van der Waals surface area contributed by atoms with Gasteiger partial charge >= 0.3 is 5.97 Å². The summed E-state index contributed by atoms with van der Waals surface area (Å²) in [6.07, 6.45) is 0. The van der Waals surface area contributed by atoms with Crippen LogP contribution in [-0.4, -0.2) is 25.5 Å². The van der Waals surface area contributed by atoms with Crippen molar-refractivity contribution < 1.29 is 18.7 Å². The van der Waals surface area contributed by atoms with Gasteiger partial charge in [0.25, 0.3) is 0 Å². The van der Waals surface area contributed by atoms with Crippen molar-refractivity contribution >= 4 is 34.9 Å². The summed E-state index contributed by atoms with van der Waals surface area (Å²) in [5, 5.41) is 5.58. The number of halogens is 2. The molecule has 0 spiro atoms. The van der Waals surface area contributed by atoms with Gasteiger partial charge in [0, 0.05) is 0 Å². The highest BCUT2D eigenvalue weighted by Crippen LogP contribution is 2.23. The summed E-state index contributed by atoms with van der Waals surface area (Å²) < 4.78 is 18.1. The summed E-state index contributed by atoms with van der Waals surface area (Å²) in [6, 6.07) is 10.4. The molecule has 2 N–H and O–H groups in total. The molecule has 1 amide bonds. The summed E-state index contributed by atoms with van der Waals surface area (Å²) in [4.78, 5) is 23.3. The van der Waals surface area contributed by atoms with Crippen molar-refractivity contribution in [3.63, 3.8) is 0 Å². The van der Waals surface area contributed by atoms with E-state index in [0.29, 0.717) is 16.3 Å². The first-order chi connectivity index (χ1) is 11.0. The SMILES string of the molecule is COC(=O)c1ccc(Cl)c(NCC(=O)Nc2ccccc2F)c1. The number of ether oxygens (including phenoxy) is 1. The van der Waals surface area contributed by atoms with Crippen molar-refractivity contribution in [2.45, 2.75) is 0 Å². The lowest BCUT2D eigenvalue weighted by atomic mass is 10.2. The highest BCUT2D eigenvalue weighted by Gasteiger charge is 2.11. The molecule has 23 heavy (non-hydrogen) atoms. The van der Waals surface area contributed by atoms with Crippen LogP contribution in [0.5, 0.6) is 0 Å². The van der Waals surface area contributed by atoms with Crippen molar-refractivity contribution in [2.75, 3.05) is 24.3 Å². The molecular formula is C16H14ClFN2O3. The molecule has 0 radical (unpaired) electrons. The second kappa shape index (κ2) is 7.60. The van der Waals surface area contributed by atoms with E-state index in [-0.39, 0.29) is 12.2 Å². The zero-order valence-electron chi connectivity index (χ0n) is 12.2. The maximum Gasteiger partial charge on any atom is 0.337 e. The Bertz CT molecular complexity index is 737. The average Bonchev–Trinajstić information content (AvgIpc) is 2.55. The molecule has 2 rings (SSSR count). The van der Waals surface area contributed by atoms with E-state index in [2.05, 4.69) is 15.4 Å². The zero-order chi connectivity index (χ0) is 16.8. The molecule has 0 aromatic heterocycles. The van der Waals surface area contributed by atoms with Gasteiger partial charge in [-0.15, -0.1) is 0 Å². The van der Waals surface area contributed by atoms with Gasteiger partial charge in [0.15, 0.2) is 0 Å². The van der Waals surface area contributed by atoms with Crippen molar-refractivity contribution in [3.8, 4) is 0 Å². The van der Waals surface area contributed by atoms with Gasteiger partial charge in [0.05, 0.1) is 35.6 Å². The Hall–Kier alpha value is -2.60. The van der Waals surface area contributed by atoms with Crippen LogP contribution in [-0.2, 0) is 9.53 Å². The first kappa shape index (κ1) is 16.8. The quantitative estimate of drug-likeness (QED) is 0.822. The minimum absolute atomic E-state index is 0.0914. The van der Waals surface area contributed by atoms with Crippen LogP contribution in [0.25, 0.3) is 0 Å². The number of para-hydroxylation sites is 1.